The van der Waals surface area contributed by atoms with Gasteiger partial charge in [-0.05, 0) is 14.1 Å². The Balaban J connectivity index is 0. The van der Waals surface area contributed by atoms with Gasteiger partial charge in [0.25, 0.3) is 0 Å². The molecule has 0 aliphatic heterocycles. The predicted molar refractivity (Wildman–Crippen MR) is 47.6 cm³/mol. The van der Waals surface area contributed by atoms with Crippen LogP contribution in [0.1, 0.15) is 0 Å². The Labute approximate surface area is 69.0 Å². The van der Waals surface area contributed by atoms with E-state index in [0.717, 1.165) is 19.5 Å². The Bertz CT molecular complexity index is 72.1. The molecule has 0 saturated heterocycles. The van der Waals surface area contributed by atoms with E-state index in [-0.39, 0.29) is 0 Å². The number of amides is 1. The lowest BCUT2D eigenvalue weighted by Crippen LogP contribution is -2.21. The zero-order valence-corrected chi connectivity index (χ0v) is 7.85. The third kappa shape index (κ3) is 26.6. The molecule has 4 nitrogen and oxygen atoms in total. The van der Waals surface area contributed by atoms with E-state index >= 15 is 0 Å². The van der Waals surface area contributed by atoms with Crippen molar-refractivity contribution in [3.63, 3.8) is 0 Å². The molecule has 0 atom stereocenters. The molecule has 0 aliphatic carbocycles. The number of likely N-dealkylation sites (N-methyl/N-ethyl adjacent to an activating group) is 2. The fraction of sp³-hybridized carbons (Fsp3) is 0.857. The van der Waals surface area contributed by atoms with Crippen LogP contribution in [0.2, 0.25) is 0 Å². The van der Waals surface area contributed by atoms with Crippen molar-refractivity contribution in [3.8, 4) is 0 Å². The zero-order chi connectivity index (χ0) is 9.11. The van der Waals surface area contributed by atoms with Gasteiger partial charge in [0.05, 0.1) is 0 Å². The van der Waals surface area contributed by atoms with Gasteiger partial charge < -0.3 is 15.5 Å². The summed E-state index contributed by atoms with van der Waals surface area (Å²) < 4.78 is 0. The van der Waals surface area contributed by atoms with Gasteiger partial charge in [0.1, 0.15) is 0 Å². The second-order valence-electron chi connectivity index (χ2n) is 2.28. The van der Waals surface area contributed by atoms with Gasteiger partial charge in [-0.1, -0.05) is 0 Å². The van der Waals surface area contributed by atoms with E-state index in [4.69, 9.17) is 0 Å². The third-order valence-corrected chi connectivity index (χ3v) is 0.836. The quantitative estimate of drug-likeness (QED) is 0.416. The molecular weight excluding hydrogens is 142 g/mol. The molecule has 0 aromatic carbocycles. The van der Waals surface area contributed by atoms with Crippen LogP contribution in [-0.2, 0) is 4.79 Å². The van der Waals surface area contributed by atoms with E-state index in [1.807, 2.05) is 14.1 Å². The van der Waals surface area contributed by atoms with Crippen molar-refractivity contribution < 1.29 is 4.79 Å². The number of nitrogens with zero attached hydrogens (tertiary/aromatic N) is 1. The van der Waals surface area contributed by atoms with Crippen molar-refractivity contribution in [2.24, 2.45) is 0 Å². The largest absolute Gasteiger partial charge is 0.351 e. The summed E-state index contributed by atoms with van der Waals surface area (Å²) in [6, 6.07) is 0. The average Bonchev–Trinajstić information content (AvgIpc) is 2.02. The Hall–Kier alpha value is -0.610. The first-order valence-corrected chi connectivity index (χ1v) is 3.60. The molecule has 0 saturated carbocycles. The smallest absolute Gasteiger partial charge is 0.209 e. The van der Waals surface area contributed by atoms with E-state index < -0.39 is 0 Å². The van der Waals surface area contributed by atoms with Crippen molar-refractivity contribution in [1.29, 1.82) is 0 Å². The van der Waals surface area contributed by atoms with Crippen LogP contribution in [0, 0.1) is 0 Å². The minimum atomic E-state index is 0.750. The molecule has 0 fully saturated rings. The lowest BCUT2D eigenvalue weighted by molar-refractivity contribution is -0.115. The highest BCUT2D eigenvalue weighted by molar-refractivity contribution is 5.45. The van der Waals surface area contributed by atoms with Crippen LogP contribution in [0.25, 0.3) is 0 Å². The van der Waals surface area contributed by atoms with Gasteiger partial charge in [-0.15, -0.1) is 0 Å². The maximum atomic E-state index is 9.43. The van der Waals surface area contributed by atoms with E-state index in [9.17, 15) is 4.79 Å². The van der Waals surface area contributed by atoms with E-state index in [1.165, 1.54) is 4.90 Å². The summed E-state index contributed by atoms with van der Waals surface area (Å²) in [4.78, 5) is 10.9. The SMILES string of the molecule is CN(C)C=O.CNCCNC. The van der Waals surface area contributed by atoms with Crippen LogP contribution in [0.15, 0.2) is 0 Å². The number of hydrogen-bond donors (Lipinski definition) is 2. The third-order valence-electron chi connectivity index (χ3n) is 0.836. The van der Waals surface area contributed by atoms with Crippen LogP contribution in [0.3, 0.4) is 0 Å². The van der Waals surface area contributed by atoms with Crippen molar-refractivity contribution in [2.45, 2.75) is 0 Å². The summed E-state index contributed by atoms with van der Waals surface area (Å²) in [6.07, 6.45) is 0.750. The Morgan fingerprint density at radius 3 is 1.55 bits per heavy atom. The molecule has 0 bridgehead atoms. The average molecular weight is 161 g/mol. The summed E-state index contributed by atoms with van der Waals surface area (Å²) in [5, 5.41) is 6.01. The Morgan fingerprint density at radius 2 is 1.45 bits per heavy atom. The molecule has 68 valence electrons. The first-order chi connectivity index (χ1) is 5.18. The van der Waals surface area contributed by atoms with Gasteiger partial charge in [-0.2, -0.15) is 0 Å². The first-order valence-electron chi connectivity index (χ1n) is 3.60. The van der Waals surface area contributed by atoms with E-state index in [0.29, 0.717) is 0 Å². The molecule has 0 radical (unpaired) electrons. The molecule has 4 heteroatoms. The van der Waals surface area contributed by atoms with E-state index in [2.05, 4.69) is 10.6 Å². The van der Waals surface area contributed by atoms with Gasteiger partial charge in [-0.3, -0.25) is 4.79 Å². The number of rotatable bonds is 4. The summed E-state index contributed by atoms with van der Waals surface area (Å²) in [5.74, 6) is 0. The molecule has 2 N–H and O–H groups in total. The standard InChI is InChI=1S/C4H12N2.C3H7NO/c1-5-3-4-6-2;1-4(2)3-5/h5-6H,3-4H2,1-2H3;3H,1-2H3. The van der Waals surface area contributed by atoms with Crippen LogP contribution < -0.4 is 10.6 Å². The normalized spacial score (nSPS) is 8.00. The van der Waals surface area contributed by atoms with Gasteiger partial charge in [-0.25, -0.2) is 0 Å². The van der Waals surface area contributed by atoms with Crippen LogP contribution in [-0.4, -0.2) is 52.6 Å². The molecule has 0 heterocycles. The Kier molecular flexibility index (Phi) is 14.3. The van der Waals surface area contributed by atoms with Crippen LogP contribution in [0.5, 0.6) is 0 Å². The summed E-state index contributed by atoms with van der Waals surface area (Å²) in [7, 11) is 7.26. The molecule has 0 spiro atoms. The molecule has 0 rings (SSSR count). The van der Waals surface area contributed by atoms with Crippen LogP contribution >= 0.6 is 0 Å². The molecule has 0 aromatic heterocycles. The fourth-order valence-electron chi connectivity index (χ4n) is 0.250. The number of hydrogen-bond acceptors (Lipinski definition) is 3. The number of carbonyl (C=O) groups is 1. The van der Waals surface area contributed by atoms with Gasteiger partial charge in [0.2, 0.25) is 6.41 Å². The zero-order valence-electron chi connectivity index (χ0n) is 7.85. The summed E-state index contributed by atoms with van der Waals surface area (Å²) in [5.41, 5.74) is 0. The maximum Gasteiger partial charge on any atom is 0.209 e. The van der Waals surface area contributed by atoms with Gasteiger partial charge in [0.15, 0.2) is 0 Å². The topological polar surface area (TPSA) is 44.4 Å². The monoisotopic (exact) mass is 161 g/mol. The minimum Gasteiger partial charge on any atom is -0.351 e. The second kappa shape index (κ2) is 12.1. The number of carbonyl (C=O) groups excluding carboxylic acids is 1. The lowest BCUT2D eigenvalue weighted by Gasteiger charge is -1.93. The van der Waals surface area contributed by atoms with Crippen molar-refractivity contribution in [2.75, 3.05) is 41.3 Å². The highest BCUT2D eigenvalue weighted by Gasteiger charge is 1.71. The van der Waals surface area contributed by atoms with Crippen LogP contribution in [0.4, 0.5) is 0 Å². The second-order valence-corrected chi connectivity index (χ2v) is 2.28. The molecule has 11 heavy (non-hydrogen) atoms. The highest BCUT2D eigenvalue weighted by atomic mass is 16.1. The van der Waals surface area contributed by atoms with Crippen molar-refractivity contribution >= 4 is 6.41 Å². The van der Waals surface area contributed by atoms with Gasteiger partial charge in [0, 0.05) is 27.2 Å². The molecule has 0 unspecified atom stereocenters. The van der Waals surface area contributed by atoms with Crippen molar-refractivity contribution in [1.82, 2.24) is 15.5 Å². The molecular formula is C7H19N3O. The highest BCUT2D eigenvalue weighted by Crippen LogP contribution is 1.52. The lowest BCUT2D eigenvalue weighted by atomic mass is 10.6. The fourth-order valence-corrected chi connectivity index (χ4v) is 0.250. The molecule has 0 aromatic rings. The first kappa shape index (κ1) is 13.0. The van der Waals surface area contributed by atoms with Crippen molar-refractivity contribution in [3.05, 3.63) is 0 Å². The molecule has 1 amide bonds. The number of nitrogens with one attached hydrogen (secondary N) is 2. The van der Waals surface area contributed by atoms with E-state index in [1.54, 1.807) is 14.1 Å². The predicted octanol–water partition coefficient (Wildman–Crippen LogP) is -0.870. The summed E-state index contributed by atoms with van der Waals surface area (Å²) >= 11 is 0. The maximum absolute atomic E-state index is 9.43. The Morgan fingerprint density at radius 1 is 1.18 bits per heavy atom. The molecule has 0 aliphatic rings. The summed E-state index contributed by atoms with van der Waals surface area (Å²) in [6.45, 7) is 2.10. The minimum absolute atomic E-state index is 0.750. The van der Waals surface area contributed by atoms with Gasteiger partial charge >= 0.3 is 0 Å².